The third-order valence-corrected chi connectivity index (χ3v) is 3.34. The van der Waals surface area contributed by atoms with Crippen LogP contribution in [0.4, 0.5) is 18.9 Å². The molecule has 1 aliphatic carbocycles. The summed E-state index contributed by atoms with van der Waals surface area (Å²) in [4.78, 5) is 15.4. The molecule has 0 spiro atoms. The first-order valence-corrected chi connectivity index (χ1v) is 6.50. The van der Waals surface area contributed by atoms with Crippen LogP contribution in [0, 0.1) is 5.92 Å². The standard InChI is InChI=1S/C14H11F3N2O3/c15-14(16,17)8-3-9(11-5-18-6-22-11)12(20)10(4-8)19-13(21)7-1-2-7/h3-7,20H,1-2H2,(H,19,21). The number of hydrogen-bond acceptors (Lipinski definition) is 4. The number of phenols is 1. The number of alkyl halides is 3. The Morgan fingerprint density at radius 3 is 2.64 bits per heavy atom. The Hall–Kier alpha value is -2.51. The van der Waals surface area contributed by atoms with Crippen LogP contribution < -0.4 is 5.32 Å². The zero-order valence-electron chi connectivity index (χ0n) is 11.1. The summed E-state index contributed by atoms with van der Waals surface area (Å²) in [6.45, 7) is 0. The fourth-order valence-electron chi connectivity index (χ4n) is 2.01. The van der Waals surface area contributed by atoms with Crippen molar-refractivity contribution in [1.82, 2.24) is 4.98 Å². The molecular weight excluding hydrogens is 301 g/mol. The minimum Gasteiger partial charge on any atom is -0.505 e. The lowest BCUT2D eigenvalue weighted by molar-refractivity contribution is -0.137. The number of nitrogens with one attached hydrogen (secondary N) is 1. The number of rotatable bonds is 3. The summed E-state index contributed by atoms with van der Waals surface area (Å²) >= 11 is 0. The maximum atomic E-state index is 13.0. The Labute approximate surface area is 122 Å². The van der Waals surface area contributed by atoms with Gasteiger partial charge in [0.25, 0.3) is 0 Å². The quantitative estimate of drug-likeness (QED) is 0.852. The smallest absolute Gasteiger partial charge is 0.416 e. The fourth-order valence-corrected chi connectivity index (χ4v) is 2.01. The Balaban J connectivity index is 2.07. The summed E-state index contributed by atoms with van der Waals surface area (Å²) in [5, 5.41) is 12.5. The van der Waals surface area contributed by atoms with Crippen LogP contribution in [0.15, 0.2) is 29.1 Å². The molecule has 8 heteroatoms. The van der Waals surface area contributed by atoms with Gasteiger partial charge < -0.3 is 14.8 Å². The number of benzene rings is 1. The van der Waals surface area contributed by atoms with Crippen molar-refractivity contribution in [1.29, 1.82) is 0 Å². The van der Waals surface area contributed by atoms with Crippen molar-refractivity contribution in [3.63, 3.8) is 0 Å². The molecule has 1 aromatic carbocycles. The molecule has 1 heterocycles. The molecule has 3 rings (SSSR count). The Morgan fingerprint density at radius 1 is 1.36 bits per heavy atom. The van der Waals surface area contributed by atoms with Gasteiger partial charge in [0, 0.05) is 5.92 Å². The number of oxazole rings is 1. The lowest BCUT2D eigenvalue weighted by Gasteiger charge is -2.14. The normalized spacial score (nSPS) is 14.9. The number of halogens is 3. The topological polar surface area (TPSA) is 75.4 Å². The Bertz CT molecular complexity index is 707. The number of anilines is 1. The molecule has 0 bridgehead atoms. The summed E-state index contributed by atoms with van der Waals surface area (Å²) in [6, 6.07) is 1.46. The molecule has 116 valence electrons. The van der Waals surface area contributed by atoms with Crippen molar-refractivity contribution in [2.45, 2.75) is 19.0 Å². The molecule has 0 unspecified atom stereocenters. The number of amides is 1. The molecule has 22 heavy (non-hydrogen) atoms. The summed E-state index contributed by atoms with van der Waals surface area (Å²) in [7, 11) is 0. The molecule has 0 aliphatic heterocycles. The van der Waals surface area contributed by atoms with Crippen LogP contribution in [0.3, 0.4) is 0 Å². The van der Waals surface area contributed by atoms with Gasteiger partial charge in [0.2, 0.25) is 5.91 Å². The number of hydrogen-bond donors (Lipinski definition) is 2. The number of carbonyl (C=O) groups is 1. The average molecular weight is 312 g/mol. The van der Waals surface area contributed by atoms with Gasteiger partial charge >= 0.3 is 6.18 Å². The van der Waals surface area contributed by atoms with E-state index in [9.17, 15) is 23.1 Å². The zero-order chi connectivity index (χ0) is 15.9. The highest BCUT2D eigenvalue weighted by Crippen LogP contribution is 2.42. The molecule has 0 atom stereocenters. The van der Waals surface area contributed by atoms with E-state index in [2.05, 4.69) is 10.3 Å². The molecule has 2 aromatic rings. The molecule has 1 aromatic heterocycles. The number of aromatic nitrogens is 1. The summed E-state index contributed by atoms with van der Waals surface area (Å²) in [6.07, 6.45) is -1.01. The van der Waals surface area contributed by atoms with Gasteiger partial charge in [-0.1, -0.05) is 0 Å². The van der Waals surface area contributed by atoms with E-state index in [-0.39, 0.29) is 22.9 Å². The highest BCUT2D eigenvalue weighted by molar-refractivity contribution is 5.96. The van der Waals surface area contributed by atoms with Gasteiger partial charge in [0.15, 0.2) is 12.2 Å². The monoisotopic (exact) mass is 312 g/mol. The predicted molar refractivity (Wildman–Crippen MR) is 70.0 cm³/mol. The molecule has 0 saturated heterocycles. The summed E-state index contributed by atoms with van der Waals surface area (Å²) in [5.41, 5.74) is -1.47. The summed E-state index contributed by atoms with van der Waals surface area (Å²) in [5.74, 6) is -1.12. The van der Waals surface area contributed by atoms with Gasteiger partial charge in [-0.25, -0.2) is 4.98 Å². The van der Waals surface area contributed by atoms with Crippen LogP contribution in [-0.2, 0) is 11.0 Å². The number of phenolic OH excluding ortho intramolecular Hbond substituents is 1. The third kappa shape index (κ3) is 2.76. The van der Waals surface area contributed by atoms with Crippen molar-refractivity contribution in [2.24, 2.45) is 5.92 Å². The molecule has 1 fully saturated rings. The first-order chi connectivity index (χ1) is 10.4. The van der Waals surface area contributed by atoms with Gasteiger partial charge in [-0.05, 0) is 25.0 Å². The lowest BCUT2D eigenvalue weighted by atomic mass is 10.1. The molecule has 5 nitrogen and oxygen atoms in total. The van der Waals surface area contributed by atoms with Crippen LogP contribution in [-0.4, -0.2) is 16.0 Å². The average Bonchev–Trinajstić information content (AvgIpc) is 3.16. The minimum atomic E-state index is -4.62. The molecule has 0 radical (unpaired) electrons. The predicted octanol–water partition coefficient (Wildman–Crippen LogP) is 3.41. The molecule has 1 saturated carbocycles. The molecule has 1 amide bonds. The SMILES string of the molecule is O=C(Nc1cc(C(F)(F)F)cc(-c2cnco2)c1O)C1CC1. The number of nitrogens with zero attached hydrogens (tertiary/aromatic N) is 1. The Kier molecular flexibility index (Phi) is 3.31. The second-order valence-electron chi connectivity index (χ2n) is 5.05. The first kappa shape index (κ1) is 14.4. The first-order valence-electron chi connectivity index (χ1n) is 6.50. The van der Waals surface area contributed by atoms with Crippen LogP contribution in [0.5, 0.6) is 5.75 Å². The van der Waals surface area contributed by atoms with E-state index in [1.54, 1.807) is 0 Å². The molecule has 2 N–H and O–H groups in total. The maximum absolute atomic E-state index is 13.0. The van der Waals surface area contributed by atoms with Crippen LogP contribution >= 0.6 is 0 Å². The maximum Gasteiger partial charge on any atom is 0.416 e. The van der Waals surface area contributed by atoms with Gasteiger partial charge in [-0.15, -0.1) is 0 Å². The summed E-state index contributed by atoms with van der Waals surface area (Å²) < 4.78 is 43.9. The van der Waals surface area contributed by atoms with E-state index in [0.29, 0.717) is 18.9 Å². The van der Waals surface area contributed by atoms with Crippen LogP contribution in [0.25, 0.3) is 11.3 Å². The molecular formula is C14H11F3N2O3. The van der Waals surface area contributed by atoms with Gasteiger partial charge in [0.1, 0.15) is 5.75 Å². The van der Waals surface area contributed by atoms with Crippen molar-refractivity contribution in [3.8, 4) is 17.1 Å². The zero-order valence-corrected chi connectivity index (χ0v) is 11.1. The highest BCUT2D eigenvalue weighted by atomic mass is 19.4. The van der Waals surface area contributed by atoms with Crippen molar-refractivity contribution < 1.29 is 27.5 Å². The van der Waals surface area contributed by atoms with E-state index >= 15 is 0 Å². The van der Waals surface area contributed by atoms with Crippen LogP contribution in [0.1, 0.15) is 18.4 Å². The third-order valence-electron chi connectivity index (χ3n) is 3.34. The minimum absolute atomic E-state index is 0.0227. The van der Waals surface area contributed by atoms with E-state index in [4.69, 9.17) is 4.42 Å². The van der Waals surface area contributed by atoms with Gasteiger partial charge in [0.05, 0.1) is 23.0 Å². The molecule has 1 aliphatic rings. The van der Waals surface area contributed by atoms with Gasteiger partial charge in [-0.2, -0.15) is 13.2 Å². The van der Waals surface area contributed by atoms with E-state index in [1.807, 2.05) is 0 Å². The second kappa shape index (κ2) is 5.04. The highest BCUT2D eigenvalue weighted by Gasteiger charge is 2.34. The van der Waals surface area contributed by atoms with E-state index in [1.165, 1.54) is 6.20 Å². The van der Waals surface area contributed by atoms with Crippen molar-refractivity contribution in [3.05, 3.63) is 30.3 Å². The largest absolute Gasteiger partial charge is 0.505 e. The second-order valence-corrected chi connectivity index (χ2v) is 5.05. The lowest BCUT2D eigenvalue weighted by Crippen LogP contribution is -2.15. The van der Waals surface area contributed by atoms with E-state index < -0.39 is 23.4 Å². The van der Waals surface area contributed by atoms with Crippen molar-refractivity contribution >= 4 is 11.6 Å². The number of aromatic hydroxyl groups is 1. The Morgan fingerprint density at radius 2 is 2.09 bits per heavy atom. The van der Waals surface area contributed by atoms with E-state index in [0.717, 1.165) is 12.5 Å². The van der Waals surface area contributed by atoms with Gasteiger partial charge in [-0.3, -0.25) is 4.79 Å². The van der Waals surface area contributed by atoms with Crippen molar-refractivity contribution in [2.75, 3.05) is 5.32 Å². The fraction of sp³-hybridized carbons (Fsp3) is 0.286. The number of carbonyl (C=O) groups excluding carboxylic acids is 1. The van der Waals surface area contributed by atoms with Crippen LogP contribution in [0.2, 0.25) is 0 Å².